The third kappa shape index (κ3) is 5.78. The maximum Gasteiger partial charge on any atom is 0.264 e. The number of amides is 3. The summed E-state index contributed by atoms with van der Waals surface area (Å²) in [7, 11) is -0.873. The number of carbonyl (C=O) groups is 3. The Morgan fingerprint density at radius 2 is 1.68 bits per heavy atom. The zero-order chi connectivity index (χ0) is 37.1. The smallest absolute Gasteiger partial charge is 0.264 e. The number of aliphatic hydroxyl groups excluding tert-OH is 1. The van der Waals surface area contributed by atoms with E-state index in [1.807, 2.05) is 83.8 Å². The van der Waals surface area contributed by atoms with Crippen LogP contribution in [0.5, 0.6) is 5.75 Å². The Bertz CT molecular complexity index is 2050. The summed E-state index contributed by atoms with van der Waals surface area (Å²) >= 11 is 0. The molecule has 10 heteroatoms. The number of β-lactam (4-membered cyclic amide) rings is 1. The predicted octanol–water partition coefficient (Wildman–Crippen LogP) is 5.53. The van der Waals surface area contributed by atoms with E-state index in [-0.39, 0.29) is 48.3 Å². The van der Waals surface area contributed by atoms with Crippen LogP contribution in [0.1, 0.15) is 42.0 Å². The topological polar surface area (TPSA) is 99.6 Å². The fourth-order valence-electron chi connectivity index (χ4n) is 9.51. The van der Waals surface area contributed by atoms with Crippen molar-refractivity contribution in [3.05, 3.63) is 119 Å². The molecule has 0 aliphatic carbocycles. The Hall–Kier alpha value is -4.77. The number of benzene rings is 4. The number of methoxy groups -OCH3 is 1. The fraction of sp³-hybridized carbons (Fsp3) is 0.372. The van der Waals surface area contributed by atoms with Gasteiger partial charge in [0.05, 0.1) is 52.6 Å². The number of hydrogen-bond donors (Lipinski definition) is 1. The quantitative estimate of drug-likeness (QED) is 0.180. The number of aliphatic hydroxyl groups is 1. The molecule has 2 fully saturated rings. The van der Waals surface area contributed by atoms with E-state index in [0.717, 1.165) is 39.4 Å². The average molecular weight is 730 g/mol. The maximum absolute atomic E-state index is 15.3. The minimum atomic E-state index is -2.53. The zero-order valence-corrected chi connectivity index (χ0v) is 31.8. The molecule has 4 aliphatic rings. The molecule has 8 rings (SSSR count). The van der Waals surface area contributed by atoms with Crippen molar-refractivity contribution in [3.8, 4) is 5.75 Å². The van der Waals surface area contributed by atoms with Gasteiger partial charge in [0.15, 0.2) is 5.60 Å². The molecule has 3 amide bonds. The van der Waals surface area contributed by atoms with Gasteiger partial charge in [-0.1, -0.05) is 91.9 Å². The van der Waals surface area contributed by atoms with Crippen molar-refractivity contribution in [2.75, 3.05) is 30.1 Å². The van der Waals surface area contributed by atoms with Gasteiger partial charge < -0.3 is 29.3 Å². The van der Waals surface area contributed by atoms with Gasteiger partial charge in [-0.25, -0.2) is 0 Å². The Balaban J connectivity index is 1.23. The molecule has 0 saturated carbocycles. The molecule has 0 bridgehead atoms. The Morgan fingerprint density at radius 1 is 0.962 bits per heavy atom. The van der Waals surface area contributed by atoms with Crippen LogP contribution in [0, 0.1) is 5.92 Å². The normalized spacial score (nSPS) is 25.0. The van der Waals surface area contributed by atoms with Crippen LogP contribution in [0.4, 0.5) is 11.4 Å². The van der Waals surface area contributed by atoms with Crippen LogP contribution in [-0.4, -0.2) is 68.2 Å². The van der Waals surface area contributed by atoms with E-state index in [4.69, 9.17) is 9.47 Å². The molecule has 4 aliphatic heterocycles. The van der Waals surface area contributed by atoms with E-state index < -0.39 is 19.8 Å². The summed E-state index contributed by atoms with van der Waals surface area (Å²) in [6, 6.07) is 31.7. The molecule has 0 unspecified atom stereocenters. The molecular formula is C43H47N3O6Si. The molecule has 0 radical (unpaired) electrons. The van der Waals surface area contributed by atoms with Crippen LogP contribution >= 0.6 is 0 Å². The highest BCUT2D eigenvalue weighted by Gasteiger charge is 2.66. The highest BCUT2D eigenvalue weighted by Crippen LogP contribution is 2.60. The predicted molar refractivity (Wildman–Crippen MR) is 207 cm³/mol. The van der Waals surface area contributed by atoms with Crippen LogP contribution in [-0.2, 0) is 44.2 Å². The largest absolute Gasteiger partial charge is 0.497 e. The molecule has 4 heterocycles. The lowest BCUT2D eigenvalue weighted by Gasteiger charge is -2.39. The first-order chi connectivity index (χ1) is 25.6. The van der Waals surface area contributed by atoms with Crippen molar-refractivity contribution < 1.29 is 29.0 Å². The summed E-state index contributed by atoms with van der Waals surface area (Å²) < 4.78 is 12.8. The molecule has 4 aromatic rings. The minimum absolute atomic E-state index is 0.0563. The van der Waals surface area contributed by atoms with E-state index in [0.29, 0.717) is 32.5 Å². The number of rotatable bonds is 9. The Labute approximate surface area is 312 Å². The molecule has 5 atom stereocenters. The van der Waals surface area contributed by atoms with E-state index in [9.17, 15) is 14.7 Å². The summed E-state index contributed by atoms with van der Waals surface area (Å²) in [5, 5.41) is 11.7. The zero-order valence-electron chi connectivity index (χ0n) is 30.8. The second-order valence-electron chi connectivity index (χ2n) is 15.6. The third-order valence-corrected chi connectivity index (χ3v) is 16.8. The van der Waals surface area contributed by atoms with Crippen molar-refractivity contribution in [2.24, 2.45) is 5.92 Å². The highest BCUT2D eigenvalue weighted by atomic mass is 28.3. The SMILES string of the molecule is COc1ccc([Si](C)(C)[C@@H]2[C@@H](CC(=O)N3Cc4ccccc4C[C@H]3CO)O[C@]3(C(=O)N(Cc4ccccc4)c4ccc(N5CCC5=O)cc43)[C@H]2C)cc1. The van der Waals surface area contributed by atoms with Gasteiger partial charge in [-0.05, 0) is 59.0 Å². The first kappa shape index (κ1) is 35.3. The van der Waals surface area contributed by atoms with Gasteiger partial charge in [-0.15, -0.1) is 0 Å². The molecule has 9 nitrogen and oxygen atoms in total. The third-order valence-electron chi connectivity index (χ3n) is 12.4. The Kier molecular flexibility index (Phi) is 9.03. The lowest BCUT2D eigenvalue weighted by atomic mass is 9.82. The molecule has 53 heavy (non-hydrogen) atoms. The van der Waals surface area contributed by atoms with E-state index in [2.05, 4.69) is 38.2 Å². The van der Waals surface area contributed by atoms with Gasteiger partial charge in [0.25, 0.3) is 5.91 Å². The summed E-state index contributed by atoms with van der Waals surface area (Å²) in [5.74, 6) is 0.275. The first-order valence-corrected chi connectivity index (χ1v) is 21.7. The molecular weight excluding hydrogens is 683 g/mol. The number of ether oxygens (including phenoxy) is 2. The van der Waals surface area contributed by atoms with Crippen molar-refractivity contribution in [1.82, 2.24) is 4.90 Å². The van der Waals surface area contributed by atoms with Gasteiger partial charge in [0.1, 0.15) is 5.75 Å². The van der Waals surface area contributed by atoms with Crippen LogP contribution in [0.3, 0.4) is 0 Å². The second kappa shape index (κ2) is 13.6. The van der Waals surface area contributed by atoms with E-state index in [1.54, 1.807) is 16.9 Å². The van der Waals surface area contributed by atoms with Crippen LogP contribution < -0.4 is 19.7 Å². The van der Waals surface area contributed by atoms with Crippen molar-refractivity contribution in [3.63, 3.8) is 0 Å². The van der Waals surface area contributed by atoms with Crippen molar-refractivity contribution in [2.45, 2.75) is 75.7 Å². The first-order valence-electron chi connectivity index (χ1n) is 18.7. The van der Waals surface area contributed by atoms with E-state index >= 15 is 4.79 Å². The van der Waals surface area contributed by atoms with Crippen molar-refractivity contribution in [1.29, 1.82) is 0 Å². The maximum atomic E-state index is 15.3. The summed E-state index contributed by atoms with van der Waals surface area (Å²) in [4.78, 5) is 47.9. The highest BCUT2D eigenvalue weighted by molar-refractivity contribution is 6.91. The minimum Gasteiger partial charge on any atom is -0.497 e. The summed E-state index contributed by atoms with van der Waals surface area (Å²) in [5.41, 5.74) is 3.98. The Morgan fingerprint density at radius 3 is 2.34 bits per heavy atom. The second-order valence-corrected chi connectivity index (χ2v) is 20.3. The van der Waals surface area contributed by atoms with Gasteiger partial charge in [0.2, 0.25) is 11.8 Å². The number of hydrogen-bond acceptors (Lipinski definition) is 6. The number of carbonyl (C=O) groups excluding carboxylic acids is 3. The average Bonchev–Trinajstić information content (AvgIpc) is 3.59. The number of fused-ring (bicyclic) bond motifs is 3. The molecule has 274 valence electrons. The molecule has 0 aromatic heterocycles. The van der Waals surface area contributed by atoms with Crippen LogP contribution in [0.25, 0.3) is 0 Å². The van der Waals surface area contributed by atoms with E-state index in [1.165, 1.54) is 5.19 Å². The van der Waals surface area contributed by atoms with Crippen molar-refractivity contribution >= 4 is 42.4 Å². The van der Waals surface area contributed by atoms with Crippen LogP contribution in [0.15, 0.2) is 97.1 Å². The molecule has 4 aromatic carbocycles. The molecule has 2 saturated heterocycles. The van der Waals surface area contributed by atoms with Crippen LogP contribution in [0.2, 0.25) is 18.6 Å². The van der Waals surface area contributed by atoms with Gasteiger partial charge in [-0.3, -0.25) is 14.4 Å². The lowest BCUT2D eigenvalue weighted by Crippen LogP contribution is -2.52. The fourth-order valence-corrected chi connectivity index (χ4v) is 13.5. The summed E-state index contributed by atoms with van der Waals surface area (Å²) in [6.07, 6.45) is 0.574. The summed E-state index contributed by atoms with van der Waals surface area (Å²) in [6.45, 7) is 8.01. The monoisotopic (exact) mass is 729 g/mol. The van der Waals surface area contributed by atoms with Gasteiger partial charge in [-0.2, -0.15) is 0 Å². The number of anilines is 2. The standard InChI is InChI=1S/C43H47N3O6Si/c1-28-41(53(3,4)35-17-15-34(51-2)16-18-35)38(24-40(49)45-26-31-13-9-8-12-30(31)22-33(45)27-47)52-43(28)36-23-32(44-21-20-39(44)48)14-19-37(36)46(42(43)50)25-29-10-6-5-7-11-29/h5-19,23,28,33,38,41,47H,20-22,24-27H2,1-4H3/t28-,33-,38+,41-,43+/m0/s1. The molecule has 1 N–H and O–H groups in total. The van der Waals surface area contributed by atoms with Gasteiger partial charge >= 0.3 is 0 Å². The molecule has 1 spiro atoms. The lowest BCUT2D eigenvalue weighted by molar-refractivity contribution is -0.151. The van der Waals surface area contributed by atoms with Gasteiger partial charge in [0, 0.05) is 36.7 Å². The number of nitrogens with zero attached hydrogens (tertiary/aromatic N) is 3.